The molecule has 1 aromatic heterocycles. The molecule has 0 amide bonds. The van der Waals surface area contributed by atoms with Gasteiger partial charge in [-0.15, -0.1) is 0 Å². The molecule has 0 aromatic carbocycles. The van der Waals surface area contributed by atoms with Crippen molar-refractivity contribution in [1.29, 1.82) is 0 Å². The van der Waals surface area contributed by atoms with Crippen LogP contribution in [0, 0.1) is 6.92 Å². The predicted molar refractivity (Wildman–Crippen MR) is 65.6 cm³/mol. The molecule has 4 heteroatoms. The summed E-state index contributed by atoms with van der Waals surface area (Å²) in [5.41, 5.74) is 7.41. The van der Waals surface area contributed by atoms with E-state index < -0.39 is 0 Å². The molecule has 2 atom stereocenters. The molecule has 0 bridgehead atoms. The Hall–Kier alpha value is -1.29. The number of nitrogens with two attached hydrogens (primary N) is 1. The van der Waals surface area contributed by atoms with Gasteiger partial charge in [-0.25, -0.2) is 4.98 Å². The van der Waals surface area contributed by atoms with Crippen LogP contribution >= 0.6 is 0 Å². The molecule has 2 heterocycles. The Morgan fingerprint density at radius 3 is 2.88 bits per heavy atom. The van der Waals surface area contributed by atoms with Crippen LogP contribution in [0.4, 0.5) is 11.5 Å². The summed E-state index contributed by atoms with van der Waals surface area (Å²) in [4.78, 5) is 6.80. The highest BCUT2D eigenvalue weighted by atomic mass is 16.5. The molecular formula is C12H19N3O. The quantitative estimate of drug-likeness (QED) is 0.782. The van der Waals surface area contributed by atoms with Crippen LogP contribution in [0.1, 0.15) is 19.5 Å². The molecule has 16 heavy (non-hydrogen) atoms. The van der Waals surface area contributed by atoms with Crippen molar-refractivity contribution in [2.75, 3.05) is 23.8 Å². The Labute approximate surface area is 96.4 Å². The fraction of sp³-hybridized carbons (Fsp3) is 0.583. The Kier molecular flexibility index (Phi) is 3.01. The molecule has 1 aromatic rings. The van der Waals surface area contributed by atoms with Crippen molar-refractivity contribution in [2.24, 2.45) is 0 Å². The summed E-state index contributed by atoms with van der Waals surface area (Å²) < 4.78 is 5.60. The highest BCUT2D eigenvalue weighted by molar-refractivity contribution is 5.51. The van der Waals surface area contributed by atoms with Crippen molar-refractivity contribution >= 4 is 11.5 Å². The van der Waals surface area contributed by atoms with Gasteiger partial charge in [0.2, 0.25) is 0 Å². The third kappa shape index (κ3) is 2.11. The first-order valence-electron chi connectivity index (χ1n) is 5.69. The standard InChI is InChI=1S/C12H19N3O/c1-8-7-16-9(2)6-15(8)12-5-4-11(13)10(3)14-12/h4-5,8-9H,6-7,13H2,1-3H3. The summed E-state index contributed by atoms with van der Waals surface area (Å²) in [6.07, 6.45) is 0.260. The van der Waals surface area contributed by atoms with E-state index in [1.54, 1.807) is 0 Å². The molecule has 1 saturated heterocycles. The molecular weight excluding hydrogens is 202 g/mol. The van der Waals surface area contributed by atoms with Gasteiger partial charge in [-0.2, -0.15) is 0 Å². The lowest BCUT2D eigenvalue weighted by atomic mass is 10.2. The first-order chi connectivity index (χ1) is 7.58. The summed E-state index contributed by atoms with van der Waals surface area (Å²) in [6.45, 7) is 7.82. The topological polar surface area (TPSA) is 51.4 Å². The number of ether oxygens (including phenoxy) is 1. The maximum Gasteiger partial charge on any atom is 0.129 e. The maximum atomic E-state index is 5.77. The van der Waals surface area contributed by atoms with Crippen LogP contribution in [0.3, 0.4) is 0 Å². The van der Waals surface area contributed by atoms with E-state index >= 15 is 0 Å². The molecule has 2 unspecified atom stereocenters. The number of aromatic nitrogens is 1. The summed E-state index contributed by atoms with van der Waals surface area (Å²) in [6, 6.07) is 4.27. The first kappa shape index (κ1) is 11.2. The van der Waals surface area contributed by atoms with Gasteiger partial charge in [0.15, 0.2) is 0 Å². The van der Waals surface area contributed by atoms with Crippen molar-refractivity contribution in [2.45, 2.75) is 32.9 Å². The van der Waals surface area contributed by atoms with E-state index in [1.807, 2.05) is 19.1 Å². The average molecular weight is 221 g/mol. The number of morpholine rings is 1. The van der Waals surface area contributed by atoms with E-state index in [0.29, 0.717) is 6.04 Å². The maximum absolute atomic E-state index is 5.77. The molecule has 88 valence electrons. The van der Waals surface area contributed by atoms with Gasteiger partial charge >= 0.3 is 0 Å². The first-order valence-corrected chi connectivity index (χ1v) is 5.69. The second-order valence-electron chi connectivity index (χ2n) is 4.49. The van der Waals surface area contributed by atoms with Gasteiger partial charge in [0.05, 0.1) is 30.1 Å². The highest BCUT2D eigenvalue weighted by Crippen LogP contribution is 2.21. The Balaban J connectivity index is 2.24. The number of pyridine rings is 1. The van der Waals surface area contributed by atoms with Crippen LogP contribution < -0.4 is 10.6 Å². The normalized spacial score (nSPS) is 25.8. The lowest BCUT2D eigenvalue weighted by Crippen LogP contribution is -2.47. The fourth-order valence-corrected chi connectivity index (χ4v) is 1.94. The molecule has 0 radical (unpaired) electrons. The highest BCUT2D eigenvalue weighted by Gasteiger charge is 2.24. The zero-order valence-electron chi connectivity index (χ0n) is 10.1. The van der Waals surface area contributed by atoms with E-state index in [-0.39, 0.29) is 6.10 Å². The summed E-state index contributed by atoms with van der Waals surface area (Å²) >= 11 is 0. The van der Waals surface area contributed by atoms with Crippen molar-refractivity contribution < 1.29 is 4.74 Å². The average Bonchev–Trinajstić information content (AvgIpc) is 2.26. The van der Waals surface area contributed by atoms with Gasteiger partial charge in [0.25, 0.3) is 0 Å². The Morgan fingerprint density at radius 2 is 2.19 bits per heavy atom. The number of nitrogen functional groups attached to an aromatic ring is 1. The lowest BCUT2D eigenvalue weighted by molar-refractivity contribution is 0.0340. The van der Waals surface area contributed by atoms with Crippen LogP contribution in [-0.4, -0.2) is 30.3 Å². The number of rotatable bonds is 1. The van der Waals surface area contributed by atoms with Crippen LogP contribution in [0.5, 0.6) is 0 Å². The largest absolute Gasteiger partial charge is 0.397 e. The third-order valence-electron chi connectivity index (χ3n) is 3.01. The molecule has 1 fully saturated rings. The number of aryl methyl sites for hydroxylation is 1. The number of anilines is 2. The van der Waals surface area contributed by atoms with E-state index in [2.05, 4.69) is 23.7 Å². The minimum Gasteiger partial charge on any atom is -0.397 e. The van der Waals surface area contributed by atoms with Crippen LogP contribution in [0.25, 0.3) is 0 Å². The third-order valence-corrected chi connectivity index (χ3v) is 3.01. The lowest BCUT2D eigenvalue weighted by Gasteiger charge is -2.37. The van der Waals surface area contributed by atoms with Crippen molar-refractivity contribution in [3.05, 3.63) is 17.8 Å². The minimum atomic E-state index is 0.260. The Bertz CT molecular complexity index is 381. The number of hydrogen-bond acceptors (Lipinski definition) is 4. The van der Waals surface area contributed by atoms with E-state index in [0.717, 1.165) is 30.4 Å². The van der Waals surface area contributed by atoms with E-state index in [9.17, 15) is 0 Å². The van der Waals surface area contributed by atoms with Crippen LogP contribution in [0.2, 0.25) is 0 Å². The molecule has 0 spiro atoms. The van der Waals surface area contributed by atoms with Gasteiger partial charge in [-0.05, 0) is 32.9 Å². The molecule has 2 N–H and O–H groups in total. The Morgan fingerprint density at radius 1 is 1.44 bits per heavy atom. The SMILES string of the molecule is Cc1nc(N2CC(C)OCC2C)ccc1N. The van der Waals surface area contributed by atoms with Gasteiger partial charge < -0.3 is 15.4 Å². The number of nitrogens with zero attached hydrogens (tertiary/aromatic N) is 2. The smallest absolute Gasteiger partial charge is 0.129 e. The van der Waals surface area contributed by atoms with Gasteiger partial charge in [-0.3, -0.25) is 0 Å². The predicted octanol–water partition coefficient (Wildman–Crippen LogP) is 1.59. The minimum absolute atomic E-state index is 0.260. The zero-order valence-corrected chi connectivity index (χ0v) is 10.1. The second-order valence-corrected chi connectivity index (χ2v) is 4.49. The monoisotopic (exact) mass is 221 g/mol. The molecule has 2 rings (SSSR count). The molecule has 1 aliphatic heterocycles. The van der Waals surface area contributed by atoms with Gasteiger partial charge in [0.1, 0.15) is 5.82 Å². The molecule has 0 aliphatic carbocycles. The summed E-state index contributed by atoms with van der Waals surface area (Å²) in [5.74, 6) is 0.995. The number of hydrogen-bond donors (Lipinski definition) is 1. The van der Waals surface area contributed by atoms with Crippen molar-refractivity contribution in [1.82, 2.24) is 4.98 Å². The molecule has 0 saturated carbocycles. The second kappa shape index (κ2) is 4.29. The molecule has 4 nitrogen and oxygen atoms in total. The summed E-state index contributed by atoms with van der Waals surface area (Å²) in [7, 11) is 0. The van der Waals surface area contributed by atoms with E-state index in [4.69, 9.17) is 10.5 Å². The summed E-state index contributed by atoms with van der Waals surface area (Å²) in [5, 5.41) is 0. The van der Waals surface area contributed by atoms with Crippen molar-refractivity contribution in [3.63, 3.8) is 0 Å². The van der Waals surface area contributed by atoms with Crippen molar-refractivity contribution in [3.8, 4) is 0 Å². The van der Waals surface area contributed by atoms with Crippen LogP contribution in [-0.2, 0) is 4.74 Å². The fourth-order valence-electron chi connectivity index (χ4n) is 1.94. The molecule has 1 aliphatic rings. The van der Waals surface area contributed by atoms with E-state index in [1.165, 1.54) is 0 Å². The zero-order chi connectivity index (χ0) is 11.7. The van der Waals surface area contributed by atoms with Gasteiger partial charge in [-0.1, -0.05) is 0 Å². The van der Waals surface area contributed by atoms with Gasteiger partial charge in [0, 0.05) is 6.54 Å². The van der Waals surface area contributed by atoms with Crippen LogP contribution in [0.15, 0.2) is 12.1 Å².